The Balaban J connectivity index is 1.86. The summed E-state index contributed by atoms with van der Waals surface area (Å²) in [6.07, 6.45) is 0.673. The van der Waals surface area contributed by atoms with Gasteiger partial charge in [0.25, 0.3) is 10.0 Å². The standard InChI is InChI=1S/C19H15NO3S/c21-14-15-5-4-8-18(13-15)20-24(22,23)19-11-9-17(10-12-19)16-6-2-1-3-7-16/h1-14,20H. The zero-order valence-electron chi connectivity index (χ0n) is 12.7. The normalized spacial score (nSPS) is 11.0. The first kappa shape index (κ1) is 16.0. The van der Waals surface area contributed by atoms with E-state index in [1.54, 1.807) is 42.5 Å². The van der Waals surface area contributed by atoms with E-state index in [0.717, 1.165) is 11.1 Å². The van der Waals surface area contributed by atoms with Gasteiger partial charge in [-0.25, -0.2) is 8.42 Å². The van der Waals surface area contributed by atoms with Crippen LogP contribution in [0.1, 0.15) is 10.4 Å². The third-order valence-electron chi connectivity index (χ3n) is 3.55. The third-order valence-corrected chi connectivity index (χ3v) is 4.94. The predicted octanol–water partition coefficient (Wildman–Crippen LogP) is 3.97. The average Bonchev–Trinajstić information content (AvgIpc) is 2.62. The summed E-state index contributed by atoms with van der Waals surface area (Å²) in [5, 5.41) is 0. The van der Waals surface area contributed by atoms with Gasteiger partial charge in [-0.15, -0.1) is 0 Å². The van der Waals surface area contributed by atoms with Crippen LogP contribution in [0.15, 0.2) is 83.8 Å². The highest BCUT2D eigenvalue weighted by Gasteiger charge is 2.14. The topological polar surface area (TPSA) is 63.2 Å². The molecule has 0 saturated heterocycles. The fraction of sp³-hybridized carbons (Fsp3) is 0. The molecule has 5 heteroatoms. The van der Waals surface area contributed by atoms with Crippen LogP contribution in [-0.4, -0.2) is 14.7 Å². The van der Waals surface area contributed by atoms with Crippen molar-refractivity contribution in [1.82, 2.24) is 0 Å². The summed E-state index contributed by atoms with van der Waals surface area (Å²) < 4.78 is 27.4. The number of hydrogen-bond acceptors (Lipinski definition) is 3. The lowest BCUT2D eigenvalue weighted by Gasteiger charge is -2.09. The molecule has 4 nitrogen and oxygen atoms in total. The molecule has 0 saturated carbocycles. The summed E-state index contributed by atoms with van der Waals surface area (Å²) >= 11 is 0. The maximum atomic E-state index is 12.4. The third kappa shape index (κ3) is 3.52. The van der Waals surface area contributed by atoms with Crippen LogP contribution in [0, 0.1) is 0 Å². The molecule has 0 aliphatic carbocycles. The second kappa shape index (κ2) is 6.68. The summed E-state index contributed by atoms with van der Waals surface area (Å²) in [5.41, 5.74) is 2.73. The summed E-state index contributed by atoms with van der Waals surface area (Å²) in [6.45, 7) is 0. The molecule has 0 aliphatic rings. The van der Waals surface area contributed by atoms with Gasteiger partial charge in [-0.2, -0.15) is 0 Å². The number of hydrogen-bond donors (Lipinski definition) is 1. The van der Waals surface area contributed by atoms with E-state index in [1.807, 2.05) is 30.3 Å². The van der Waals surface area contributed by atoms with Gasteiger partial charge in [0.15, 0.2) is 0 Å². The molecule has 1 N–H and O–H groups in total. The Labute approximate surface area is 140 Å². The Kier molecular flexibility index (Phi) is 4.44. The summed E-state index contributed by atoms with van der Waals surface area (Å²) in [7, 11) is -3.70. The Morgan fingerprint density at radius 3 is 2.08 bits per heavy atom. The van der Waals surface area contributed by atoms with Gasteiger partial charge in [0.1, 0.15) is 6.29 Å². The SMILES string of the molecule is O=Cc1cccc(NS(=O)(=O)c2ccc(-c3ccccc3)cc2)c1. The highest BCUT2D eigenvalue weighted by atomic mass is 32.2. The van der Waals surface area contributed by atoms with Crippen LogP contribution in [0.25, 0.3) is 11.1 Å². The second-order valence-corrected chi connectivity index (χ2v) is 6.92. The van der Waals surface area contributed by atoms with Crippen molar-refractivity contribution in [2.75, 3.05) is 4.72 Å². The smallest absolute Gasteiger partial charge is 0.261 e. The minimum absolute atomic E-state index is 0.165. The summed E-state index contributed by atoms with van der Waals surface area (Å²) in [6, 6.07) is 22.7. The van der Waals surface area contributed by atoms with Gasteiger partial charge in [0, 0.05) is 11.3 Å². The van der Waals surface area contributed by atoms with Crippen LogP contribution in [0.3, 0.4) is 0 Å². The molecular weight excluding hydrogens is 322 g/mol. The van der Waals surface area contributed by atoms with Crippen LogP contribution >= 0.6 is 0 Å². The van der Waals surface area contributed by atoms with Crippen molar-refractivity contribution in [1.29, 1.82) is 0 Å². The van der Waals surface area contributed by atoms with Gasteiger partial charge in [-0.05, 0) is 35.4 Å². The van der Waals surface area contributed by atoms with Crippen molar-refractivity contribution in [3.8, 4) is 11.1 Å². The van der Waals surface area contributed by atoms with E-state index in [9.17, 15) is 13.2 Å². The molecule has 3 aromatic rings. The van der Waals surface area contributed by atoms with Crippen LogP contribution in [-0.2, 0) is 10.0 Å². The Bertz CT molecular complexity index is 949. The fourth-order valence-electron chi connectivity index (χ4n) is 2.35. The predicted molar refractivity (Wildman–Crippen MR) is 94.5 cm³/mol. The lowest BCUT2D eigenvalue weighted by Crippen LogP contribution is -2.13. The first-order valence-corrected chi connectivity index (χ1v) is 8.80. The zero-order chi connectivity index (χ0) is 17.0. The second-order valence-electron chi connectivity index (χ2n) is 5.24. The Hall–Kier alpha value is -2.92. The van der Waals surface area contributed by atoms with Crippen molar-refractivity contribution in [2.45, 2.75) is 4.90 Å². The van der Waals surface area contributed by atoms with E-state index >= 15 is 0 Å². The van der Waals surface area contributed by atoms with E-state index in [2.05, 4.69) is 4.72 Å². The van der Waals surface area contributed by atoms with E-state index in [-0.39, 0.29) is 4.90 Å². The molecule has 0 amide bonds. The maximum Gasteiger partial charge on any atom is 0.261 e. The number of sulfonamides is 1. The maximum absolute atomic E-state index is 12.4. The molecule has 0 spiro atoms. The Morgan fingerprint density at radius 1 is 0.750 bits per heavy atom. The number of benzene rings is 3. The average molecular weight is 337 g/mol. The molecule has 0 radical (unpaired) electrons. The van der Waals surface area contributed by atoms with Gasteiger partial charge in [0.2, 0.25) is 0 Å². The van der Waals surface area contributed by atoms with Gasteiger partial charge in [-0.1, -0.05) is 54.6 Å². The molecule has 0 bridgehead atoms. The Morgan fingerprint density at radius 2 is 1.42 bits per heavy atom. The quantitative estimate of drug-likeness (QED) is 0.717. The molecule has 0 aromatic heterocycles. The van der Waals surface area contributed by atoms with Crippen molar-refractivity contribution >= 4 is 22.0 Å². The lowest BCUT2D eigenvalue weighted by molar-refractivity contribution is 0.112. The molecule has 0 atom stereocenters. The first-order valence-electron chi connectivity index (χ1n) is 7.32. The zero-order valence-corrected chi connectivity index (χ0v) is 13.5. The van der Waals surface area contributed by atoms with Gasteiger partial charge in [0.05, 0.1) is 4.90 Å². The number of anilines is 1. The van der Waals surface area contributed by atoms with Gasteiger partial charge in [-0.3, -0.25) is 9.52 Å². The minimum atomic E-state index is -3.70. The molecule has 3 aromatic carbocycles. The first-order chi connectivity index (χ1) is 11.6. The minimum Gasteiger partial charge on any atom is -0.298 e. The lowest BCUT2D eigenvalue weighted by atomic mass is 10.1. The van der Waals surface area contributed by atoms with E-state index in [0.29, 0.717) is 17.5 Å². The summed E-state index contributed by atoms with van der Waals surface area (Å²) in [5.74, 6) is 0. The molecule has 0 aliphatic heterocycles. The van der Waals surface area contributed by atoms with Gasteiger partial charge >= 0.3 is 0 Å². The highest BCUT2D eigenvalue weighted by molar-refractivity contribution is 7.92. The number of carbonyl (C=O) groups is 1. The number of aldehydes is 1. The molecule has 24 heavy (non-hydrogen) atoms. The highest BCUT2D eigenvalue weighted by Crippen LogP contribution is 2.22. The van der Waals surface area contributed by atoms with Crippen LogP contribution in [0.5, 0.6) is 0 Å². The molecule has 0 fully saturated rings. The molecular formula is C19H15NO3S. The van der Waals surface area contributed by atoms with Crippen molar-refractivity contribution in [3.63, 3.8) is 0 Å². The van der Waals surface area contributed by atoms with E-state index < -0.39 is 10.0 Å². The van der Waals surface area contributed by atoms with Crippen molar-refractivity contribution < 1.29 is 13.2 Å². The number of rotatable bonds is 5. The van der Waals surface area contributed by atoms with Crippen LogP contribution in [0.4, 0.5) is 5.69 Å². The van der Waals surface area contributed by atoms with Gasteiger partial charge < -0.3 is 0 Å². The molecule has 3 rings (SSSR count). The largest absolute Gasteiger partial charge is 0.298 e. The van der Waals surface area contributed by atoms with Crippen LogP contribution < -0.4 is 4.72 Å². The van der Waals surface area contributed by atoms with Crippen molar-refractivity contribution in [2.24, 2.45) is 0 Å². The monoisotopic (exact) mass is 337 g/mol. The van der Waals surface area contributed by atoms with E-state index in [4.69, 9.17) is 0 Å². The van der Waals surface area contributed by atoms with Crippen LogP contribution in [0.2, 0.25) is 0 Å². The van der Waals surface area contributed by atoms with Crippen molar-refractivity contribution in [3.05, 3.63) is 84.4 Å². The number of carbonyl (C=O) groups excluding carboxylic acids is 1. The molecule has 0 unspecified atom stereocenters. The summed E-state index contributed by atoms with van der Waals surface area (Å²) in [4.78, 5) is 11.0. The molecule has 120 valence electrons. The fourth-order valence-corrected chi connectivity index (χ4v) is 3.40. The number of nitrogens with one attached hydrogen (secondary N) is 1. The van der Waals surface area contributed by atoms with E-state index in [1.165, 1.54) is 6.07 Å². The molecule has 0 heterocycles.